The van der Waals surface area contributed by atoms with Crippen LogP contribution in [0.25, 0.3) is 0 Å². The maximum Gasteiger partial charge on any atom is 0.303 e. The van der Waals surface area contributed by atoms with Crippen molar-refractivity contribution in [2.75, 3.05) is 13.1 Å². The predicted molar refractivity (Wildman–Crippen MR) is 127 cm³/mol. The molecule has 0 radical (unpaired) electrons. The van der Waals surface area contributed by atoms with E-state index in [1.807, 2.05) is 0 Å². The third-order valence-corrected chi connectivity index (χ3v) is 5.66. The van der Waals surface area contributed by atoms with E-state index in [2.05, 4.69) is 26.1 Å². The highest BCUT2D eigenvalue weighted by Crippen LogP contribution is 2.11. The number of carboxylic acids is 1. The number of hydrogen-bond donors (Lipinski definition) is 2. The second-order valence-electron chi connectivity index (χ2n) is 8.66. The average Bonchev–Trinajstić information content (AvgIpc) is 2.75. The second-order valence-corrected chi connectivity index (χ2v) is 8.66. The summed E-state index contributed by atoms with van der Waals surface area (Å²) < 4.78 is 0. The lowest BCUT2D eigenvalue weighted by Gasteiger charge is -2.28. The van der Waals surface area contributed by atoms with E-state index >= 15 is 0 Å². The van der Waals surface area contributed by atoms with Gasteiger partial charge >= 0.3 is 5.97 Å². The van der Waals surface area contributed by atoms with Crippen molar-refractivity contribution in [3.8, 4) is 0 Å². The van der Waals surface area contributed by atoms with Gasteiger partial charge in [-0.05, 0) is 25.7 Å². The lowest BCUT2D eigenvalue weighted by atomic mass is 10.1. The molecule has 0 aliphatic rings. The van der Waals surface area contributed by atoms with E-state index in [9.17, 15) is 14.4 Å². The van der Waals surface area contributed by atoms with Crippen LogP contribution in [0.4, 0.5) is 0 Å². The Morgan fingerprint density at radius 3 is 1.68 bits per heavy atom. The maximum absolute atomic E-state index is 13.0. The Morgan fingerprint density at radius 2 is 1.19 bits per heavy atom. The number of hydrogen-bond acceptors (Lipinski definition) is 3. The number of rotatable bonds is 21. The van der Waals surface area contributed by atoms with Crippen LogP contribution in [0.5, 0.6) is 0 Å². The highest BCUT2D eigenvalue weighted by molar-refractivity contribution is 5.88. The Labute approximate surface area is 190 Å². The molecule has 0 fully saturated rings. The monoisotopic (exact) mass is 440 g/mol. The summed E-state index contributed by atoms with van der Waals surface area (Å²) in [5.41, 5.74) is 0. The first-order valence-electron chi connectivity index (χ1n) is 12.8. The van der Waals surface area contributed by atoms with E-state index in [0.29, 0.717) is 19.5 Å². The van der Waals surface area contributed by atoms with Crippen molar-refractivity contribution in [2.24, 2.45) is 0 Å². The van der Waals surface area contributed by atoms with Crippen molar-refractivity contribution in [3.63, 3.8) is 0 Å². The summed E-state index contributed by atoms with van der Waals surface area (Å²) in [5, 5.41) is 11.9. The van der Waals surface area contributed by atoms with E-state index in [1.165, 1.54) is 38.5 Å². The molecule has 6 heteroatoms. The number of amides is 2. The van der Waals surface area contributed by atoms with Crippen molar-refractivity contribution in [3.05, 3.63) is 0 Å². The summed E-state index contributed by atoms with van der Waals surface area (Å²) in [6.45, 7) is 7.70. The molecule has 1 atom stereocenters. The molecule has 0 aromatic carbocycles. The number of unbranched alkanes of at least 4 members (excludes halogenated alkanes) is 10. The minimum atomic E-state index is -0.945. The Morgan fingerprint density at radius 1 is 0.710 bits per heavy atom. The molecule has 0 aliphatic heterocycles. The summed E-state index contributed by atoms with van der Waals surface area (Å²) in [6, 6.07) is -0.740. The molecule has 0 heterocycles. The normalized spacial score (nSPS) is 11.8. The van der Waals surface area contributed by atoms with E-state index < -0.39 is 12.0 Å². The maximum atomic E-state index is 13.0. The molecule has 0 saturated carbocycles. The number of carbonyl (C=O) groups excluding carboxylic acids is 2. The lowest BCUT2D eigenvalue weighted by Crippen LogP contribution is -2.49. The molecule has 182 valence electrons. The number of aliphatic carboxylic acids is 1. The van der Waals surface area contributed by atoms with Crippen LogP contribution >= 0.6 is 0 Å². The molecule has 0 aliphatic carbocycles. The minimum Gasteiger partial charge on any atom is -0.481 e. The van der Waals surface area contributed by atoms with Gasteiger partial charge in [0.05, 0.1) is 0 Å². The third kappa shape index (κ3) is 16.7. The Bertz CT molecular complexity index is 474. The zero-order valence-corrected chi connectivity index (χ0v) is 20.4. The molecule has 0 bridgehead atoms. The van der Waals surface area contributed by atoms with Crippen LogP contribution in [0.15, 0.2) is 0 Å². The number of carboxylic acid groups (broad SMARTS) is 1. The average molecular weight is 441 g/mol. The summed E-state index contributed by atoms with van der Waals surface area (Å²) in [6.07, 6.45) is 14.9. The summed E-state index contributed by atoms with van der Waals surface area (Å²) in [5.74, 6) is -1.22. The van der Waals surface area contributed by atoms with Crippen molar-refractivity contribution >= 4 is 17.8 Å². The van der Waals surface area contributed by atoms with Crippen LogP contribution in [-0.2, 0) is 14.4 Å². The molecule has 31 heavy (non-hydrogen) atoms. The van der Waals surface area contributed by atoms with Gasteiger partial charge in [-0.2, -0.15) is 0 Å². The lowest BCUT2D eigenvalue weighted by molar-refractivity contribution is -0.139. The van der Waals surface area contributed by atoms with Crippen molar-refractivity contribution < 1.29 is 19.5 Å². The van der Waals surface area contributed by atoms with Gasteiger partial charge in [0.15, 0.2) is 0 Å². The standard InChI is InChI=1S/C25H48N2O4/c1-4-7-10-11-12-13-14-15-16-17-23(28)26-22(18-19-24(29)30)25(31)27(20-8-5-2)21-9-6-3/h22H,4-21H2,1-3H3,(H,26,28)(H,29,30). The molecule has 0 aromatic rings. The highest BCUT2D eigenvalue weighted by Gasteiger charge is 2.26. The van der Waals surface area contributed by atoms with Gasteiger partial charge in [-0.1, -0.05) is 85.0 Å². The largest absolute Gasteiger partial charge is 0.481 e. The fraction of sp³-hybridized carbons (Fsp3) is 0.880. The smallest absolute Gasteiger partial charge is 0.303 e. The fourth-order valence-electron chi connectivity index (χ4n) is 3.64. The van der Waals surface area contributed by atoms with E-state index in [4.69, 9.17) is 5.11 Å². The first-order valence-corrected chi connectivity index (χ1v) is 12.8. The van der Waals surface area contributed by atoms with Crippen LogP contribution in [0, 0.1) is 0 Å². The zero-order chi connectivity index (χ0) is 23.3. The van der Waals surface area contributed by atoms with Gasteiger partial charge in [0, 0.05) is 25.9 Å². The van der Waals surface area contributed by atoms with Crippen LogP contribution in [0.1, 0.15) is 124 Å². The fourth-order valence-corrected chi connectivity index (χ4v) is 3.64. The molecule has 0 rings (SSSR count). The first-order chi connectivity index (χ1) is 15.0. The molecule has 0 aromatic heterocycles. The quantitative estimate of drug-likeness (QED) is 0.225. The highest BCUT2D eigenvalue weighted by atomic mass is 16.4. The van der Waals surface area contributed by atoms with Gasteiger partial charge in [-0.25, -0.2) is 0 Å². The van der Waals surface area contributed by atoms with Crippen LogP contribution < -0.4 is 5.32 Å². The molecule has 6 nitrogen and oxygen atoms in total. The van der Waals surface area contributed by atoms with Crippen LogP contribution in [-0.4, -0.2) is 46.9 Å². The second kappa shape index (κ2) is 20.3. The van der Waals surface area contributed by atoms with Gasteiger partial charge in [-0.3, -0.25) is 14.4 Å². The molecule has 2 N–H and O–H groups in total. The summed E-state index contributed by atoms with van der Waals surface area (Å²) >= 11 is 0. The van der Waals surface area contributed by atoms with Crippen LogP contribution in [0.3, 0.4) is 0 Å². The minimum absolute atomic E-state index is 0.121. The van der Waals surface area contributed by atoms with E-state index in [-0.39, 0.29) is 24.7 Å². The van der Waals surface area contributed by atoms with Crippen LogP contribution in [0.2, 0.25) is 0 Å². The van der Waals surface area contributed by atoms with Gasteiger partial charge in [-0.15, -0.1) is 0 Å². The van der Waals surface area contributed by atoms with Crippen molar-refractivity contribution in [1.82, 2.24) is 10.2 Å². The topological polar surface area (TPSA) is 86.7 Å². The van der Waals surface area contributed by atoms with Gasteiger partial charge in [0.1, 0.15) is 6.04 Å². The van der Waals surface area contributed by atoms with Gasteiger partial charge < -0.3 is 15.3 Å². The molecule has 2 amide bonds. The Hall–Kier alpha value is -1.59. The number of nitrogens with one attached hydrogen (secondary N) is 1. The summed E-state index contributed by atoms with van der Waals surface area (Å²) in [7, 11) is 0. The number of carbonyl (C=O) groups is 3. The van der Waals surface area contributed by atoms with Crippen molar-refractivity contribution in [2.45, 2.75) is 130 Å². The Kier molecular flexibility index (Phi) is 19.3. The zero-order valence-electron chi connectivity index (χ0n) is 20.4. The molecule has 1 unspecified atom stereocenters. The Balaban J connectivity index is 4.50. The van der Waals surface area contributed by atoms with Gasteiger partial charge in [0.2, 0.25) is 11.8 Å². The molecule has 0 spiro atoms. The van der Waals surface area contributed by atoms with E-state index in [0.717, 1.165) is 44.9 Å². The van der Waals surface area contributed by atoms with E-state index in [1.54, 1.807) is 4.90 Å². The predicted octanol–water partition coefficient (Wildman–Crippen LogP) is 5.69. The SMILES string of the molecule is CCCCCCCCCCCC(=O)NC(CCC(=O)O)C(=O)N(CCCC)CCCC. The molecule has 0 saturated heterocycles. The van der Waals surface area contributed by atoms with Crippen molar-refractivity contribution in [1.29, 1.82) is 0 Å². The third-order valence-electron chi connectivity index (χ3n) is 5.66. The summed E-state index contributed by atoms with van der Waals surface area (Å²) in [4.78, 5) is 38.3. The number of nitrogens with zero attached hydrogens (tertiary/aromatic N) is 1. The first kappa shape index (κ1) is 29.4. The molecular formula is C25H48N2O4. The van der Waals surface area contributed by atoms with Gasteiger partial charge in [0.25, 0.3) is 0 Å². The molecular weight excluding hydrogens is 392 g/mol.